The minimum atomic E-state index is 0.219. The lowest BCUT2D eigenvalue weighted by Gasteiger charge is -2.37. The standard InChI is InChI=1S/C18H19N5O3/c1-24-14-6-3-5-12(15(14)25-2)9-23-10-13(11-23)18-21-17(22-26-18)16-19-7-4-8-20-16/h3-8,13H,9-11H2,1-2H3. The Bertz CT molecular complexity index is 878. The number of nitrogens with zero attached hydrogens (tertiary/aromatic N) is 5. The smallest absolute Gasteiger partial charge is 0.240 e. The highest BCUT2D eigenvalue weighted by atomic mass is 16.5. The summed E-state index contributed by atoms with van der Waals surface area (Å²) in [6, 6.07) is 7.67. The van der Waals surface area contributed by atoms with E-state index in [1.165, 1.54) is 0 Å². The Balaban J connectivity index is 1.40. The summed E-state index contributed by atoms with van der Waals surface area (Å²) in [5.41, 5.74) is 1.09. The summed E-state index contributed by atoms with van der Waals surface area (Å²) in [4.78, 5) is 15.0. The van der Waals surface area contributed by atoms with E-state index in [1.54, 1.807) is 32.7 Å². The molecule has 0 spiro atoms. The molecular weight excluding hydrogens is 334 g/mol. The van der Waals surface area contributed by atoms with Gasteiger partial charge in [-0.3, -0.25) is 4.90 Å². The second-order valence-corrected chi connectivity index (χ2v) is 6.07. The SMILES string of the molecule is COc1cccc(CN2CC(c3nc(-c4ncccn4)no3)C2)c1OC. The average molecular weight is 353 g/mol. The summed E-state index contributed by atoms with van der Waals surface area (Å²) in [6.07, 6.45) is 3.32. The van der Waals surface area contributed by atoms with Gasteiger partial charge in [0.2, 0.25) is 17.5 Å². The fourth-order valence-electron chi connectivity index (χ4n) is 3.08. The number of hydrogen-bond donors (Lipinski definition) is 0. The monoisotopic (exact) mass is 353 g/mol. The highest BCUT2D eigenvalue weighted by molar-refractivity contribution is 5.46. The average Bonchev–Trinajstić information content (AvgIpc) is 3.14. The maximum absolute atomic E-state index is 5.49. The maximum atomic E-state index is 5.49. The third-order valence-electron chi connectivity index (χ3n) is 4.39. The van der Waals surface area contributed by atoms with Crippen LogP contribution in [0.5, 0.6) is 11.5 Å². The predicted molar refractivity (Wildman–Crippen MR) is 92.9 cm³/mol. The Morgan fingerprint density at radius 3 is 2.62 bits per heavy atom. The lowest BCUT2D eigenvalue weighted by atomic mass is 9.99. The molecule has 0 N–H and O–H groups in total. The number of methoxy groups -OCH3 is 2. The van der Waals surface area contributed by atoms with E-state index in [2.05, 4.69) is 25.0 Å². The number of para-hydroxylation sites is 1. The van der Waals surface area contributed by atoms with E-state index in [0.717, 1.165) is 36.7 Å². The minimum absolute atomic E-state index is 0.219. The number of rotatable bonds is 6. The van der Waals surface area contributed by atoms with Crippen molar-refractivity contribution < 1.29 is 14.0 Å². The zero-order valence-electron chi connectivity index (χ0n) is 14.6. The molecule has 1 saturated heterocycles. The van der Waals surface area contributed by atoms with Gasteiger partial charge in [0.25, 0.3) is 0 Å². The van der Waals surface area contributed by atoms with E-state index in [-0.39, 0.29) is 5.92 Å². The van der Waals surface area contributed by atoms with Crippen molar-refractivity contribution >= 4 is 0 Å². The molecule has 8 heteroatoms. The number of benzene rings is 1. The van der Waals surface area contributed by atoms with Crippen molar-refractivity contribution in [3.63, 3.8) is 0 Å². The minimum Gasteiger partial charge on any atom is -0.493 e. The van der Waals surface area contributed by atoms with Crippen LogP contribution in [0.1, 0.15) is 17.4 Å². The van der Waals surface area contributed by atoms with Crippen LogP contribution in [-0.4, -0.2) is 52.3 Å². The van der Waals surface area contributed by atoms with Crippen molar-refractivity contribution in [1.29, 1.82) is 0 Å². The van der Waals surface area contributed by atoms with Gasteiger partial charge in [-0.05, 0) is 12.1 Å². The number of likely N-dealkylation sites (tertiary alicyclic amines) is 1. The molecule has 26 heavy (non-hydrogen) atoms. The van der Waals surface area contributed by atoms with Gasteiger partial charge >= 0.3 is 0 Å². The molecule has 8 nitrogen and oxygen atoms in total. The van der Waals surface area contributed by atoms with Crippen molar-refractivity contribution in [2.24, 2.45) is 0 Å². The summed E-state index contributed by atoms with van der Waals surface area (Å²) in [5.74, 6) is 3.26. The van der Waals surface area contributed by atoms with Crippen LogP contribution in [0.25, 0.3) is 11.6 Å². The first kappa shape index (κ1) is 16.5. The van der Waals surface area contributed by atoms with E-state index >= 15 is 0 Å². The van der Waals surface area contributed by atoms with Crippen LogP contribution >= 0.6 is 0 Å². The van der Waals surface area contributed by atoms with Crippen LogP contribution in [0.15, 0.2) is 41.2 Å². The predicted octanol–water partition coefficient (Wildman–Crippen LogP) is 2.14. The third-order valence-corrected chi connectivity index (χ3v) is 4.39. The summed E-state index contributed by atoms with van der Waals surface area (Å²) in [6.45, 7) is 2.47. The lowest BCUT2D eigenvalue weighted by Crippen LogP contribution is -2.44. The topological polar surface area (TPSA) is 86.4 Å². The van der Waals surface area contributed by atoms with Crippen molar-refractivity contribution in [2.45, 2.75) is 12.5 Å². The van der Waals surface area contributed by atoms with Gasteiger partial charge in [-0.1, -0.05) is 17.3 Å². The molecule has 3 aromatic rings. The highest BCUT2D eigenvalue weighted by Gasteiger charge is 2.33. The Morgan fingerprint density at radius 1 is 1.08 bits per heavy atom. The van der Waals surface area contributed by atoms with E-state index in [4.69, 9.17) is 14.0 Å². The van der Waals surface area contributed by atoms with Gasteiger partial charge in [-0.15, -0.1) is 0 Å². The Labute approximate surface area is 150 Å². The third kappa shape index (κ3) is 3.11. The van der Waals surface area contributed by atoms with Crippen molar-refractivity contribution in [1.82, 2.24) is 25.0 Å². The Hall–Kier alpha value is -3.00. The molecule has 0 aliphatic carbocycles. The first-order valence-electron chi connectivity index (χ1n) is 8.31. The fourth-order valence-corrected chi connectivity index (χ4v) is 3.08. The zero-order valence-corrected chi connectivity index (χ0v) is 14.6. The van der Waals surface area contributed by atoms with Gasteiger partial charge in [0.1, 0.15) is 0 Å². The molecule has 0 bridgehead atoms. The summed E-state index contributed by atoms with van der Waals surface area (Å²) in [5, 5.41) is 3.98. The molecule has 1 aliphatic rings. The maximum Gasteiger partial charge on any atom is 0.240 e. The van der Waals surface area contributed by atoms with Crippen LogP contribution in [-0.2, 0) is 6.54 Å². The number of ether oxygens (including phenoxy) is 2. The van der Waals surface area contributed by atoms with Gasteiger partial charge in [-0.25, -0.2) is 9.97 Å². The molecule has 0 radical (unpaired) electrons. The Kier molecular flexibility index (Phi) is 4.49. The van der Waals surface area contributed by atoms with Crippen LogP contribution in [0.2, 0.25) is 0 Å². The molecule has 1 fully saturated rings. The first-order chi connectivity index (χ1) is 12.8. The van der Waals surface area contributed by atoms with Crippen molar-refractivity contribution in [2.75, 3.05) is 27.3 Å². The summed E-state index contributed by atoms with van der Waals surface area (Å²) < 4.78 is 16.2. The molecule has 1 aliphatic heterocycles. The second kappa shape index (κ2) is 7.09. The van der Waals surface area contributed by atoms with E-state index in [0.29, 0.717) is 17.5 Å². The first-order valence-corrected chi connectivity index (χ1v) is 8.31. The molecule has 134 valence electrons. The van der Waals surface area contributed by atoms with E-state index in [9.17, 15) is 0 Å². The molecule has 3 heterocycles. The second-order valence-electron chi connectivity index (χ2n) is 6.07. The zero-order chi connectivity index (χ0) is 17.9. The molecule has 0 saturated carbocycles. The van der Waals surface area contributed by atoms with Gasteiger partial charge in [0, 0.05) is 37.6 Å². The number of hydrogen-bond acceptors (Lipinski definition) is 8. The van der Waals surface area contributed by atoms with Crippen LogP contribution in [0, 0.1) is 0 Å². The van der Waals surface area contributed by atoms with Crippen LogP contribution < -0.4 is 9.47 Å². The molecule has 0 atom stereocenters. The lowest BCUT2D eigenvalue weighted by molar-refractivity contribution is 0.116. The highest BCUT2D eigenvalue weighted by Crippen LogP contribution is 2.34. The van der Waals surface area contributed by atoms with Crippen LogP contribution in [0.3, 0.4) is 0 Å². The van der Waals surface area contributed by atoms with Crippen molar-refractivity contribution in [3.8, 4) is 23.1 Å². The molecular formula is C18H19N5O3. The molecule has 4 rings (SSSR count). The van der Waals surface area contributed by atoms with Gasteiger partial charge in [0.05, 0.1) is 20.1 Å². The van der Waals surface area contributed by atoms with E-state index < -0.39 is 0 Å². The van der Waals surface area contributed by atoms with Crippen molar-refractivity contribution in [3.05, 3.63) is 48.1 Å². The molecule has 0 unspecified atom stereocenters. The summed E-state index contributed by atoms with van der Waals surface area (Å²) >= 11 is 0. The largest absolute Gasteiger partial charge is 0.493 e. The Morgan fingerprint density at radius 2 is 1.88 bits per heavy atom. The van der Waals surface area contributed by atoms with Gasteiger partial charge in [0.15, 0.2) is 11.5 Å². The van der Waals surface area contributed by atoms with Crippen LogP contribution in [0.4, 0.5) is 0 Å². The van der Waals surface area contributed by atoms with Gasteiger partial charge < -0.3 is 14.0 Å². The molecule has 2 aromatic heterocycles. The number of aromatic nitrogens is 4. The fraction of sp³-hybridized carbons (Fsp3) is 0.333. The summed E-state index contributed by atoms with van der Waals surface area (Å²) in [7, 11) is 3.30. The van der Waals surface area contributed by atoms with Gasteiger partial charge in [-0.2, -0.15) is 4.98 Å². The molecule has 1 aromatic carbocycles. The quantitative estimate of drug-likeness (QED) is 0.666. The normalized spacial score (nSPS) is 14.8. The molecule has 0 amide bonds. The van der Waals surface area contributed by atoms with E-state index in [1.807, 2.05) is 18.2 Å².